The lowest BCUT2D eigenvalue weighted by Gasteiger charge is -2.17. The minimum absolute atomic E-state index is 0.372. The molecule has 0 fully saturated rings. The van der Waals surface area contributed by atoms with Crippen molar-refractivity contribution in [3.05, 3.63) is 23.5 Å². The van der Waals surface area contributed by atoms with Gasteiger partial charge in [0.05, 0.1) is 5.69 Å². The largest absolute Gasteiger partial charge is 0.307 e. The van der Waals surface area contributed by atoms with E-state index in [1.54, 1.807) is 11.3 Å². The third kappa shape index (κ3) is 3.44. The van der Waals surface area contributed by atoms with Crippen molar-refractivity contribution in [2.45, 2.75) is 32.9 Å². The van der Waals surface area contributed by atoms with Gasteiger partial charge in [-0.2, -0.15) is 0 Å². The molecule has 0 saturated heterocycles. The van der Waals surface area contributed by atoms with Crippen LogP contribution in [-0.2, 0) is 6.54 Å². The summed E-state index contributed by atoms with van der Waals surface area (Å²) in [6.07, 6.45) is 5.20. The second-order valence-electron chi connectivity index (χ2n) is 4.69. The van der Waals surface area contributed by atoms with Gasteiger partial charge in [0.1, 0.15) is 0 Å². The van der Waals surface area contributed by atoms with Crippen LogP contribution >= 0.6 is 22.9 Å². The Morgan fingerprint density at radius 1 is 1.53 bits per heavy atom. The maximum Gasteiger partial charge on any atom is 0.193 e. The second kappa shape index (κ2) is 5.85. The van der Waals surface area contributed by atoms with Gasteiger partial charge in [-0.25, -0.2) is 4.98 Å². The molecular weight excluding hydrogens is 254 g/mol. The molecule has 2 rings (SSSR count). The van der Waals surface area contributed by atoms with E-state index in [-0.39, 0.29) is 0 Å². The van der Waals surface area contributed by atoms with Gasteiger partial charge in [0.25, 0.3) is 0 Å². The molecule has 3 nitrogen and oxygen atoms in total. The van der Waals surface area contributed by atoms with Crippen molar-refractivity contribution in [2.75, 3.05) is 5.88 Å². The normalized spacial score (nSPS) is 13.6. The average molecular weight is 272 g/mol. The predicted molar refractivity (Wildman–Crippen MR) is 73.9 cm³/mol. The topological polar surface area (TPSA) is 29.3 Å². The lowest BCUT2D eigenvalue weighted by Crippen LogP contribution is -2.31. The van der Waals surface area contributed by atoms with Crippen molar-refractivity contribution in [2.24, 2.45) is 5.92 Å². The first-order chi connectivity index (χ1) is 8.19. The Bertz CT molecular complexity index is 434. The third-order valence-corrected chi connectivity index (χ3v) is 3.80. The Kier molecular flexibility index (Phi) is 4.42. The quantitative estimate of drug-likeness (QED) is 0.818. The highest BCUT2D eigenvalue weighted by atomic mass is 35.5. The Morgan fingerprint density at radius 2 is 2.35 bits per heavy atom. The van der Waals surface area contributed by atoms with Crippen LogP contribution in [0.25, 0.3) is 4.96 Å². The monoisotopic (exact) mass is 271 g/mol. The van der Waals surface area contributed by atoms with Crippen LogP contribution in [0.2, 0.25) is 0 Å². The molecule has 0 amide bonds. The highest BCUT2D eigenvalue weighted by molar-refractivity contribution is 7.15. The summed E-state index contributed by atoms with van der Waals surface area (Å²) in [5.74, 6) is 1.32. The van der Waals surface area contributed by atoms with Crippen LogP contribution in [0.15, 0.2) is 17.8 Å². The first-order valence-corrected chi connectivity index (χ1v) is 7.31. The van der Waals surface area contributed by atoms with E-state index in [0.717, 1.165) is 23.6 Å². The molecule has 1 atom stereocenters. The van der Waals surface area contributed by atoms with Crippen LogP contribution in [0.3, 0.4) is 0 Å². The van der Waals surface area contributed by atoms with Crippen molar-refractivity contribution in [3.8, 4) is 0 Å². The Balaban J connectivity index is 1.90. The van der Waals surface area contributed by atoms with Gasteiger partial charge in [0, 0.05) is 36.2 Å². The van der Waals surface area contributed by atoms with E-state index in [4.69, 9.17) is 11.6 Å². The predicted octanol–water partition coefficient (Wildman–Crippen LogP) is 3.14. The van der Waals surface area contributed by atoms with Crippen molar-refractivity contribution in [1.82, 2.24) is 14.7 Å². The Labute approximate surface area is 111 Å². The van der Waals surface area contributed by atoms with E-state index in [9.17, 15) is 0 Å². The molecule has 0 radical (unpaired) electrons. The minimum atomic E-state index is 0.372. The number of nitrogens with zero attached hydrogens (tertiary/aromatic N) is 2. The smallest absolute Gasteiger partial charge is 0.193 e. The van der Waals surface area contributed by atoms with Gasteiger partial charge in [-0.3, -0.25) is 4.40 Å². The summed E-state index contributed by atoms with van der Waals surface area (Å²) < 4.78 is 2.06. The molecule has 2 aromatic heterocycles. The summed E-state index contributed by atoms with van der Waals surface area (Å²) in [5, 5.41) is 5.51. The number of thiazole rings is 1. The standard InChI is InChI=1S/C12H18ClN3S/c1-9(2)5-10(6-13)14-7-11-8-16-3-4-17-12(16)15-11/h3-4,8-10,14H,5-7H2,1-2H3. The zero-order valence-corrected chi connectivity index (χ0v) is 11.8. The number of imidazole rings is 1. The maximum atomic E-state index is 5.95. The number of rotatable bonds is 6. The fourth-order valence-electron chi connectivity index (χ4n) is 1.88. The van der Waals surface area contributed by atoms with Crippen LogP contribution in [0.5, 0.6) is 0 Å². The van der Waals surface area contributed by atoms with E-state index in [0.29, 0.717) is 17.8 Å². The molecule has 1 N–H and O–H groups in total. The van der Waals surface area contributed by atoms with E-state index >= 15 is 0 Å². The molecule has 0 saturated carbocycles. The molecule has 2 aromatic rings. The third-order valence-electron chi connectivity index (χ3n) is 2.66. The zero-order valence-electron chi connectivity index (χ0n) is 10.2. The van der Waals surface area contributed by atoms with Gasteiger partial charge >= 0.3 is 0 Å². The average Bonchev–Trinajstić information content (AvgIpc) is 2.83. The Hall–Kier alpha value is -0.580. The van der Waals surface area contributed by atoms with Crippen molar-refractivity contribution in [1.29, 1.82) is 0 Å². The van der Waals surface area contributed by atoms with Crippen LogP contribution < -0.4 is 5.32 Å². The fourth-order valence-corrected chi connectivity index (χ4v) is 2.83. The molecule has 2 heterocycles. The lowest BCUT2D eigenvalue weighted by atomic mass is 10.1. The van der Waals surface area contributed by atoms with E-state index in [1.807, 2.05) is 11.6 Å². The molecule has 0 bridgehead atoms. The van der Waals surface area contributed by atoms with E-state index < -0.39 is 0 Å². The number of alkyl halides is 1. The van der Waals surface area contributed by atoms with Gasteiger partial charge in [-0.05, 0) is 12.3 Å². The molecule has 0 aliphatic heterocycles. The van der Waals surface area contributed by atoms with Crippen molar-refractivity contribution in [3.63, 3.8) is 0 Å². The van der Waals surface area contributed by atoms with E-state index in [1.165, 1.54) is 0 Å². The Morgan fingerprint density at radius 3 is 3.00 bits per heavy atom. The molecule has 0 aliphatic carbocycles. The first kappa shape index (κ1) is 12.9. The van der Waals surface area contributed by atoms with Crippen LogP contribution in [0, 0.1) is 5.92 Å². The van der Waals surface area contributed by atoms with Gasteiger partial charge < -0.3 is 5.32 Å². The van der Waals surface area contributed by atoms with Crippen LogP contribution in [-0.4, -0.2) is 21.3 Å². The zero-order chi connectivity index (χ0) is 12.3. The first-order valence-electron chi connectivity index (χ1n) is 5.89. The summed E-state index contributed by atoms with van der Waals surface area (Å²) in [5.41, 5.74) is 1.08. The summed E-state index contributed by atoms with van der Waals surface area (Å²) in [6, 6.07) is 0.372. The number of aromatic nitrogens is 2. The fraction of sp³-hybridized carbons (Fsp3) is 0.583. The molecular formula is C12H18ClN3S. The lowest BCUT2D eigenvalue weighted by molar-refractivity contribution is 0.443. The number of halogens is 1. The summed E-state index contributed by atoms with van der Waals surface area (Å²) in [4.78, 5) is 5.58. The van der Waals surface area contributed by atoms with Crippen molar-refractivity contribution < 1.29 is 0 Å². The summed E-state index contributed by atoms with van der Waals surface area (Å²) in [7, 11) is 0. The van der Waals surface area contributed by atoms with Crippen LogP contribution in [0.4, 0.5) is 0 Å². The number of hydrogen-bond donors (Lipinski definition) is 1. The van der Waals surface area contributed by atoms with Gasteiger partial charge in [-0.15, -0.1) is 22.9 Å². The van der Waals surface area contributed by atoms with Crippen molar-refractivity contribution >= 4 is 27.9 Å². The second-order valence-corrected chi connectivity index (χ2v) is 5.87. The summed E-state index contributed by atoms with van der Waals surface area (Å²) in [6.45, 7) is 5.22. The van der Waals surface area contributed by atoms with Gasteiger partial charge in [-0.1, -0.05) is 13.8 Å². The highest BCUT2D eigenvalue weighted by Gasteiger charge is 2.10. The number of hydrogen-bond acceptors (Lipinski definition) is 3. The molecule has 5 heteroatoms. The van der Waals surface area contributed by atoms with Gasteiger partial charge in [0.15, 0.2) is 4.96 Å². The molecule has 0 aliphatic rings. The number of fused-ring (bicyclic) bond motifs is 1. The molecule has 17 heavy (non-hydrogen) atoms. The van der Waals surface area contributed by atoms with Gasteiger partial charge in [0.2, 0.25) is 0 Å². The molecule has 1 unspecified atom stereocenters. The summed E-state index contributed by atoms with van der Waals surface area (Å²) >= 11 is 7.61. The minimum Gasteiger partial charge on any atom is -0.307 e. The molecule has 0 spiro atoms. The molecule has 94 valence electrons. The SMILES string of the molecule is CC(C)CC(CCl)NCc1cn2ccsc2n1. The number of nitrogens with one attached hydrogen (secondary N) is 1. The maximum absolute atomic E-state index is 5.95. The van der Waals surface area contributed by atoms with E-state index in [2.05, 4.69) is 34.7 Å². The highest BCUT2D eigenvalue weighted by Crippen LogP contribution is 2.12. The molecule has 0 aromatic carbocycles. The van der Waals surface area contributed by atoms with Crippen LogP contribution in [0.1, 0.15) is 26.0 Å².